The molecule has 33 heavy (non-hydrogen) atoms. The molecule has 3 fully saturated rings. The summed E-state index contributed by atoms with van der Waals surface area (Å²) in [4.78, 5) is 31.5. The van der Waals surface area contributed by atoms with Crippen molar-refractivity contribution in [2.45, 2.75) is 76.4 Å². The Morgan fingerprint density at radius 2 is 1.82 bits per heavy atom. The van der Waals surface area contributed by atoms with Crippen LogP contribution in [0.3, 0.4) is 0 Å². The molecule has 1 aromatic rings. The third kappa shape index (κ3) is 5.78. The van der Waals surface area contributed by atoms with Crippen LogP contribution in [0.2, 0.25) is 0 Å². The molecule has 4 atom stereocenters. The predicted octanol–water partition coefficient (Wildman–Crippen LogP) is 2.82. The summed E-state index contributed by atoms with van der Waals surface area (Å²) in [5.74, 6) is 0.960. The van der Waals surface area contributed by atoms with Crippen LogP contribution in [-0.2, 0) is 16.0 Å². The number of benzene rings is 1. The van der Waals surface area contributed by atoms with Gasteiger partial charge in [-0.05, 0) is 56.6 Å². The zero-order valence-corrected chi connectivity index (χ0v) is 20.5. The number of fused-ring (bicyclic) bond motifs is 1. The zero-order valence-electron chi connectivity index (χ0n) is 20.5. The SMILES string of the molecule is CCC(NC)C(=O)NC(C(=O)N1CCC2CN(CCc3ccccc3)CC21)C1CCCCC1. The van der Waals surface area contributed by atoms with E-state index in [1.54, 1.807) is 0 Å². The lowest BCUT2D eigenvalue weighted by Gasteiger charge is -2.35. The van der Waals surface area contributed by atoms with Gasteiger partial charge >= 0.3 is 0 Å². The van der Waals surface area contributed by atoms with Gasteiger partial charge in [-0.3, -0.25) is 9.59 Å². The van der Waals surface area contributed by atoms with E-state index in [1.165, 1.54) is 12.0 Å². The van der Waals surface area contributed by atoms with Gasteiger partial charge in [0.15, 0.2) is 0 Å². The van der Waals surface area contributed by atoms with E-state index >= 15 is 0 Å². The maximum absolute atomic E-state index is 13.9. The van der Waals surface area contributed by atoms with Crippen molar-refractivity contribution in [3.63, 3.8) is 0 Å². The summed E-state index contributed by atoms with van der Waals surface area (Å²) in [5.41, 5.74) is 1.37. The molecule has 182 valence electrons. The lowest BCUT2D eigenvalue weighted by molar-refractivity contribution is -0.139. The monoisotopic (exact) mass is 454 g/mol. The Labute approximate surface area is 199 Å². The van der Waals surface area contributed by atoms with Crippen LogP contribution in [0, 0.1) is 11.8 Å². The molecule has 0 radical (unpaired) electrons. The van der Waals surface area contributed by atoms with E-state index in [1.807, 2.05) is 14.0 Å². The highest BCUT2D eigenvalue weighted by Gasteiger charge is 2.46. The van der Waals surface area contributed by atoms with Crippen molar-refractivity contribution in [2.75, 3.05) is 33.2 Å². The number of hydrogen-bond donors (Lipinski definition) is 2. The fourth-order valence-electron chi connectivity index (χ4n) is 6.24. The third-order valence-corrected chi connectivity index (χ3v) is 8.22. The Bertz CT molecular complexity index is 776. The van der Waals surface area contributed by atoms with Crippen LogP contribution in [-0.4, -0.2) is 73.0 Å². The van der Waals surface area contributed by atoms with Gasteiger partial charge in [0, 0.05) is 32.2 Å². The van der Waals surface area contributed by atoms with Gasteiger partial charge in [0.1, 0.15) is 6.04 Å². The van der Waals surface area contributed by atoms with E-state index in [4.69, 9.17) is 0 Å². The fraction of sp³-hybridized carbons (Fsp3) is 0.704. The van der Waals surface area contributed by atoms with Crippen molar-refractivity contribution in [1.29, 1.82) is 0 Å². The molecule has 1 aliphatic carbocycles. The summed E-state index contributed by atoms with van der Waals surface area (Å²) < 4.78 is 0. The van der Waals surface area contributed by atoms with Gasteiger partial charge in [0.2, 0.25) is 11.8 Å². The Morgan fingerprint density at radius 1 is 1.06 bits per heavy atom. The van der Waals surface area contributed by atoms with E-state index in [0.29, 0.717) is 12.0 Å². The molecule has 2 heterocycles. The number of rotatable bonds is 9. The van der Waals surface area contributed by atoms with Crippen molar-refractivity contribution in [3.05, 3.63) is 35.9 Å². The molecule has 6 nitrogen and oxygen atoms in total. The van der Waals surface area contributed by atoms with Gasteiger partial charge in [0.05, 0.1) is 6.04 Å². The Morgan fingerprint density at radius 3 is 2.52 bits per heavy atom. The number of likely N-dealkylation sites (N-methyl/N-ethyl adjacent to an activating group) is 1. The van der Waals surface area contributed by atoms with Crippen LogP contribution in [0.1, 0.15) is 57.4 Å². The normalized spacial score (nSPS) is 25.6. The number of nitrogens with zero attached hydrogens (tertiary/aromatic N) is 2. The van der Waals surface area contributed by atoms with Gasteiger partial charge in [-0.25, -0.2) is 0 Å². The van der Waals surface area contributed by atoms with E-state index in [2.05, 4.69) is 50.8 Å². The molecule has 4 rings (SSSR count). The third-order valence-electron chi connectivity index (χ3n) is 8.22. The number of carbonyl (C=O) groups excluding carboxylic acids is 2. The molecular weight excluding hydrogens is 412 g/mol. The number of likely N-dealkylation sites (tertiary alicyclic amines) is 2. The van der Waals surface area contributed by atoms with E-state index in [9.17, 15) is 9.59 Å². The Kier molecular flexibility index (Phi) is 8.42. The molecule has 1 aromatic carbocycles. The van der Waals surface area contributed by atoms with Gasteiger partial charge in [0.25, 0.3) is 0 Å². The van der Waals surface area contributed by atoms with Crippen molar-refractivity contribution in [1.82, 2.24) is 20.4 Å². The Balaban J connectivity index is 1.40. The number of amides is 2. The standard InChI is InChI=1S/C27H42N4O2/c1-3-23(28-2)26(32)29-25(21-12-8-5-9-13-21)27(33)31-17-15-22-18-30(19-24(22)31)16-14-20-10-6-4-7-11-20/h4,6-7,10-11,21-25,28H,3,5,8-9,12-19H2,1-2H3,(H,29,32). The van der Waals surface area contributed by atoms with Crippen molar-refractivity contribution in [2.24, 2.45) is 11.8 Å². The van der Waals surface area contributed by atoms with Crippen molar-refractivity contribution in [3.8, 4) is 0 Å². The lowest BCUT2D eigenvalue weighted by atomic mass is 9.83. The highest BCUT2D eigenvalue weighted by molar-refractivity contribution is 5.90. The number of hydrogen-bond acceptors (Lipinski definition) is 4. The highest BCUT2D eigenvalue weighted by atomic mass is 16.2. The topological polar surface area (TPSA) is 64.7 Å². The number of nitrogens with one attached hydrogen (secondary N) is 2. The molecule has 6 heteroatoms. The first-order valence-electron chi connectivity index (χ1n) is 13.1. The molecular formula is C27H42N4O2. The first-order chi connectivity index (χ1) is 16.1. The minimum atomic E-state index is -0.377. The van der Waals surface area contributed by atoms with Gasteiger partial charge in [-0.1, -0.05) is 56.5 Å². The van der Waals surface area contributed by atoms with Gasteiger partial charge in [-0.2, -0.15) is 0 Å². The molecule has 1 saturated carbocycles. The molecule has 2 saturated heterocycles. The molecule has 4 unspecified atom stereocenters. The van der Waals surface area contributed by atoms with Gasteiger partial charge in [-0.15, -0.1) is 0 Å². The van der Waals surface area contributed by atoms with Crippen molar-refractivity contribution < 1.29 is 9.59 Å². The van der Waals surface area contributed by atoms with E-state index < -0.39 is 0 Å². The minimum absolute atomic E-state index is 0.0319. The quantitative estimate of drug-likeness (QED) is 0.602. The van der Waals surface area contributed by atoms with E-state index in [0.717, 1.165) is 71.1 Å². The lowest BCUT2D eigenvalue weighted by Crippen LogP contribution is -2.57. The molecule has 0 aromatic heterocycles. The van der Waals surface area contributed by atoms with E-state index in [-0.39, 0.29) is 29.8 Å². The first-order valence-corrected chi connectivity index (χ1v) is 13.1. The second-order valence-electron chi connectivity index (χ2n) is 10.3. The minimum Gasteiger partial charge on any atom is -0.343 e. The van der Waals surface area contributed by atoms with Crippen LogP contribution in [0.15, 0.2) is 30.3 Å². The number of carbonyl (C=O) groups is 2. The molecule has 0 bridgehead atoms. The zero-order chi connectivity index (χ0) is 23.2. The van der Waals surface area contributed by atoms with Crippen LogP contribution >= 0.6 is 0 Å². The average Bonchev–Trinajstić information content (AvgIpc) is 3.43. The summed E-state index contributed by atoms with van der Waals surface area (Å²) in [7, 11) is 1.82. The van der Waals surface area contributed by atoms with Gasteiger partial charge < -0.3 is 20.4 Å². The Hall–Kier alpha value is -1.92. The first kappa shape index (κ1) is 24.2. The summed E-state index contributed by atoms with van der Waals surface area (Å²) >= 11 is 0. The molecule has 2 N–H and O–H groups in total. The maximum Gasteiger partial charge on any atom is 0.245 e. The summed E-state index contributed by atoms with van der Waals surface area (Å²) in [5, 5.41) is 6.29. The fourth-order valence-corrected chi connectivity index (χ4v) is 6.24. The smallest absolute Gasteiger partial charge is 0.245 e. The van der Waals surface area contributed by atoms with Crippen molar-refractivity contribution >= 4 is 11.8 Å². The van der Waals surface area contributed by atoms with Crippen LogP contribution in [0.4, 0.5) is 0 Å². The second kappa shape index (κ2) is 11.5. The average molecular weight is 455 g/mol. The molecule has 3 aliphatic rings. The summed E-state index contributed by atoms with van der Waals surface area (Å²) in [6, 6.07) is 10.3. The predicted molar refractivity (Wildman–Crippen MR) is 132 cm³/mol. The molecule has 2 amide bonds. The van der Waals surface area contributed by atoms with Crippen LogP contribution in [0.25, 0.3) is 0 Å². The van der Waals surface area contributed by atoms with Crippen LogP contribution in [0.5, 0.6) is 0 Å². The maximum atomic E-state index is 13.9. The largest absolute Gasteiger partial charge is 0.343 e. The molecule has 0 spiro atoms. The highest BCUT2D eigenvalue weighted by Crippen LogP contribution is 2.34. The van der Waals surface area contributed by atoms with Crippen LogP contribution < -0.4 is 10.6 Å². The molecule has 2 aliphatic heterocycles. The second-order valence-corrected chi connectivity index (χ2v) is 10.3. The summed E-state index contributed by atoms with van der Waals surface area (Å²) in [6.07, 6.45) is 8.49. The summed E-state index contributed by atoms with van der Waals surface area (Å²) in [6.45, 7) is 5.93.